The van der Waals surface area contributed by atoms with E-state index in [-0.39, 0.29) is 22.8 Å². The number of anilines is 1. The minimum atomic E-state index is -1.11. The zero-order chi connectivity index (χ0) is 46.6. The number of aromatic nitrogens is 1. The van der Waals surface area contributed by atoms with E-state index in [1.165, 1.54) is 28.8 Å². The molecule has 1 amide bonds. The van der Waals surface area contributed by atoms with Gasteiger partial charge in [0, 0.05) is 61.3 Å². The molecule has 1 aromatic heterocycles. The standard InChI is InChI=1S/C55H69ClN4O7/c1-38(35-67-49-17-24-57-48-13-4-8-39(2)51(48)49)30-42-32-41-15-16-46(34-47(41)54(42)19-21-55(22-20-54,52(62)63)58-44-11-6-10-43(56)33-44)65-28-7-14-50(61)59(3)25-18-40-9-5-12-45(31-40)66-29-27-60-26-23-53(60)36-64-37-53/h5-6,9-12,15-17,24,31,33-34,38-39,42,58H,4,7-8,13-14,18-23,25-30,32,35-37H2,1-3H3,(H,62,63)/t38-,39-,42+,54?,55?/m1/s1. The number of hydrogen-bond donors (Lipinski definition) is 2. The maximum absolute atomic E-state index is 13.2. The number of carboxylic acid groups (broad SMARTS) is 1. The van der Waals surface area contributed by atoms with Crippen LogP contribution in [0.15, 0.2) is 79.0 Å². The van der Waals surface area contributed by atoms with Crippen molar-refractivity contribution in [3.05, 3.63) is 112 Å². The lowest BCUT2D eigenvalue weighted by Crippen LogP contribution is -2.71. The number of nitrogens with zero attached hydrogens (tertiary/aromatic N) is 3. The van der Waals surface area contributed by atoms with E-state index in [4.69, 9.17) is 30.5 Å². The van der Waals surface area contributed by atoms with E-state index in [0.29, 0.717) is 68.9 Å². The number of aryl methyl sites for hydroxylation is 1. The molecule has 2 aliphatic heterocycles. The quantitative estimate of drug-likeness (QED) is 0.0829. The summed E-state index contributed by atoms with van der Waals surface area (Å²) in [7, 11) is 1.88. The molecule has 3 aromatic carbocycles. The maximum atomic E-state index is 13.2. The summed E-state index contributed by atoms with van der Waals surface area (Å²) in [5.41, 5.74) is 5.85. The minimum absolute atomic E-state index is 0.0992. The van der Waals surface area contributed by atoms with Gasteiger partial charge in [-0.05, 0) is 165 Å². The van der Waals surface area contributed by atoms with Gasteiger partial charge in [0.2, 0.25) is 5.91 Å². The third-order valence-corrected chi connectivity index (χ3v) is 16.3. The molecule has 11 nitrogen and oxygen atoms in total. The second-order valence-electron chi connectivity index (χ2n) is 20.5. The number of likely N-dealkylation sites (N-methyl/N-ethyl adjacent to an activating group) is 1. The van der Waals surface area contributed by atoms with Crippen LogP contribution in [0.1, 0.15) is 112 Å². The molecule has 0 radical (unpaired) electrons. The lowest BCUT2D eigenvalue weighted by atomic mass is 9.59. The van der Waals surface area contributed by atoms with Crippen LogP contribution in [0, 0.1) is 11.8 Å². The molecule has 0 unspecified atom stereocenters. The Bertz CT molecular complexity index is 2370. The van der Waals surface area contributed by atoms with Gasteiger partial charge in [0.25, 0.3) is 0 Å². The number of hydrogen-bond acceptors (Lipinski definition) is 9. The highest BCUT2D eigenvalue weighted by Gasteiger charge is 2.54. The molecule has 0 bridgehead atoms. The monoisotopic (exact) mass is 932 g/mol. The summed E-state index contributed by atoms with van der Waals surface area (Å²) in [5, 5.41) is 14.7. The number of amides is 1. The van der Waals surface area contributed by atoms with Crippen molar-refractivity contribution in [2.75, 3.05) is 65.0 Å². The number of ether oxygens (including phenoxy) is 4. The highest BCUT2D eigenvalue weighted by atomic mass is 35.5. The number of likely N-dealkylation sites (tertiary alicyclic amines) is 1. The number of carbonyl (C=O) groups excluding carboxylic acids is 1. The molecular formula is C55H69ClN4O7. The molecule has 1 saturated carbocycles. The van der Waals surface area contributed by atoms with E-state index < -0.39 is 11.5 Å². The van der Waals surface area contributed by atoms with Crippen molar-refractivity contribution in [1.29, 1.82) is 0 Å². The summed E-state index contributed by atoms with van der Waals surface area (Å²) in [6.07, 6.45) is 12.5. The van der Waals surface area contributed by atoms with Crippen LogP contribution in [0.2, 0.25) is 5.02 Å². The number of pyridine rings is 1. The lowest BCUT2D eigenvalue weighted by molar-refractivity contribution is -0.193. The van der Waals surface area contributed by atoms with Gasteiger partial charge in [-0.2, -0.15) is 0 Å². The van der Waals surface area contributed by atoms with E-state index in [1.54, 1.807) is 12.1 Å². The normalized spacial score (nSPS) is 24.2. The van der Waals surface area contributed by atoms with Crippen molar-refractivity contribution in [2.24, 2.45) is 11.8 Å². The molecule has 67 heavy (non-hydrogen) atoms. The zero-order valence-corrected chi connectivity index (χ0v) is 40.5. The Hall–Kier alpha value is -4.84. The van der Waals surface area contributed by atoms with Crippen LogP contribution in [0.4, 0.5) is 5.69 Å². The smallest absolute Gasteiger partial charge is 0.329 e. The first-order chi connectivity index (χ1) is 32.4. The molecule has 358 valence electrons. The average molecular weight is 934 g/mol. The van der Waals surface area contributed by atoms with Crippen molar-refractivity contribution in [3.8, 4) is 17.2 Å². The molecule has 5 aliphatic rings. The van der Waals surface area contributed by atoms with E-state index >= 15 is 0 Å². The summed E-state index contributed by atoms with van der Waals surface area (Å²) < 4.78 is 24.6. The Kier molecular flexibility index (Phi) is 14.4. The molecular weight excluding hydrogens is 864 g/mol. The summed E-state index contributed by atoms with van der Waals surface area (Å²) in [4.78, 5) is 35.4. The zero-order valence-electron chi connectivity index (χ0n) is 39.7. The highest BCUT2D eigenvalue weighted by molar-refractivity contribution is 6.30. The number of benzene rings is 3. The first-order valence-electron chi connectivity index (χ1n) is 24.9. The SMILES string of the molecule is C[C@@H](COc1ccnc2c1[C@H](C)CCC2)C[C@H]1Cc2ccc(OCCCC(=O)N(C)CCc3cccc(OCCN4CCC45COC5)c3)cc2C12CCC(Nc1cccc(Cl)c1)(C(=O)O)CC2. The summed E-state index contributed by atoms with van der Waals surface area (Å²) in [6, 6.07) is 24.1. The van der Waals surface area contributed by atoms with Crippen molar-refractivity contribution < 1.29 is 33.6 Å². The van der Waals surface area contributed by atoms with Crippen LogP contribution >= 0.6 is 11.6 Å². The third kappa shape index (κ3) is 10.3. The summed E-state index contributed by atoms with van der Waals surface area (Å²) in [6.45, 7) is 10.6. The maximum Gasteiger partial charge on any atom is 0.329 e. The van der Waals surface area contributed by atoms with Gasteiger partial charge < -0.3 is 34.3 Å². The summed E-state index contributed by atoms with van der Waals surface area (Å²) in [5.74, 6) is 2.92. The number of rotatable bonds is 20. The Morgan fingerprint density at radius 2 is 1.79 bits per heavy atom. The van der Waals surface area contributed by atoms with E-state index in [0.717, 1.165) is 106 Å². The Morgan fingerprint density at radius 1 is 0.985 bits per heavy atom. The number of nitrogens with one attached hydrogen (secondary N) is 1. The fourth-order valence-corrected chi connectivity index (χ4v) is 12.0. The van der Waals surface area contributed by atoms with Crippen LogP contribution < -0.4 is 19.5 Å². The van der Waals surface area contributed by atoms with Gasteiger partial charge in [-0.25, -0.2) is 4.79 Å². The average Bonchev–Trinajstić information content (AvgIpc) is 3.58. The molecule has 3 atom stereocenters. The molecule has 3 fully saturated rings. The van der Waals surface area contributed by atoms with Crippen molar-refractivity contribution >= 4 is 29.2 Å². The van der Waals surface area contributed by atoms with Crippen LogP contribution in [-0.4, -0.2) is 103 Å². The number of carboxylic acids is 1. The van der Waals surface area contributed by atoms with Crippen LogP contribution in [-0.2, 0) is 39.0 Å². The lowest BCUT2D eigenvalue weighted by Gasteiger charge is -2.57. The van der Waals surface area contributed by atoms with Gasteiger partial charge in [0.15, 0.2) is 0 Å². The van der Waals surface area contributed by atoms with E-state index in [2.05, 4.69) is 59.4 Å². The van der Waals surface area contributed by atoms with Gasteiger partial charge in [-0.15, -0.1) is 0 Å². The Morgan fingerprint density at radius 3 is 2.55 bits per heavy atom. The predicted molar refractivity (Wildman–Crippen MR) is 262 cm³/mol. The third-order valence-electron chi connectivity index (χ3n) is 16.0. The Labute approximate surface area is 401 Å². The van der Waals surface area contributed by atoms with Crippen molar-refractivity contribution in [2.45, 2.75) is 120 Å². The number of aliphatic carboxylic acids is 1. The predicted octanol–water partition coefficient (Wildman–Crippen LogP) is 9.91. The first-order valence-corrected chi connectivity index (χ1v) is 25.2. The molecule has 2 N–H and O–H groups in total. The van der Waals surface area contributed by atoms with Crippen molar-refractivity contribution in [1.82, 2.24) is 14.8 Å². The molecule has 3 aliphatic carbocycles. The second kappa shape index (κ2) is 20.4. The van der Waals surface area contributed by atoms with Gasteiger partial charge in [0.1, 0.15) is 29.4 Å². The molecule has 2 spiro atoms. The number of carbonyl (C=O) groups is 2. The van der Waals surface area contributed by atoms with Gasteiger partial charge in [-0.1, -0.05) is 49.7 Å². The van der Waals surface area contributed by atoms with Crippen LogP contribution in [0.3, 0.4) is 0 Å². The van der Waals surface area contributed by atoms with E-state index in [9.17, 15) is 14.7 Å². The number of halogens is 1. The molecule has 2 saturated heterocycles. The fraction of sp³-hybridized carbons (Fsp3) is 0.545. The number of fused-ring (bicyclic) bond motifs is 3. The molecule has 12 heteroatoms. The largest absolute Gasteiger partial charge is 0.494 e. The fourth-order valence-electron chi connectivity index (χ4n) is 11.9. The highest BCUT2D eigenvalue weighted by Crippen LogP contribution is 2.57. The van der Waals surface area contributed by atoms with Gasteiger partial charge in [-0.3, -0.25) is 14.7 Å². The second-order valence-corrected chi connectivity index (χ2v) is 20.9. The topological polar surface area (TPSA) is 123 Å². The van der Waals surface area contributed by atoms with Gasteiger partial charge in [0.05, 0.1) is 32.0 Å². The van der Waals surface area contributed by atoms with Crippen molar-refractivity contribution in [3.63, 3.8) is 0 Å². The first kappa shape index (κ1) is 47.2. The van der Waals surface area contributed by atoms with Crippen LogP contribution in [0.25, 0.3) is 0 Å². The Balaban J connectivity index is 0.806. The van der Waals surface area contributed by atoms with Gasteiger partial charge >= 0.3 is 5.97 Å². The molecule has 3 heterocycles. The van der Waals surface area contributed by atoms with Crippen LogP contribution in [0.5, 0.6) is 17.2 Å². The summed E-state index contributed by atoms with van der Waals surface area (Å²) >= 11 is 6.34. The molecule has 9 rings (SSSR count). The van der Waals surface area contributed by atoms with E-state index in [1.807, 2.05) is 48.5 Å². The molecule has 4 aromatic rings. The minimum Gasteiger partial charge on any atom is -0.494 e.